The van der Waals surface area contributed by atoms with E-state index in [-0.39, 0.29) is 0 Å². The van der Waals surface area contributed by atoms with E-state index in [9.17, 15) is 8.78 Å². The van der Waals surface area contributed by atoms with Gasteiger partial charge in [0.05, 0.1) is 6.61 Å². The average Bonchev–Trinajstić information content (AvgIpc) is 2.30. The molecule has 0 aliphatic heterocycles. The lowest BCUT2D eigenvalue weighted by molar-refractivity contribution is 0.199. The Morgan fingerprint density at radius 2 is 2.12 bits per heavy atom. The first-order valence-electron chi connectivity index (χ1n) is 5.51. The van der Waals surface area contributed by atoms with Crippen LogP contribution in [0.5, 0.6) is 0 Å². The molecule has 0 aliphatic carbocycles. The minimum absolute atomic E-state index is 0.484. The van der Waals surface area contributed by atoms with Gasteiger partial charge in [-0.05, 0) is 30.9 Å². The van der Waals surface area contributed by atoms with E-state index in [1.54, 1.807) is 7.11 Å². The highest BCUT2D eigenvalue weighted by atomic mass is 32.2. The topological polar surface area (TPSA) is 21.3 Å². The van der Waals surface area contributed by atoms with Crippen molar-refractivity contribution in [1.29, 1.82) is 0 Å². The lowest BCUT2D eigenvalue weighted by Crippen LogP contribution is -2.20. The van der Waals surface area contributed by atoms with E-state index in [2.05, 4.69) is 5.32 Å². The summed E-state index contributed by atoms with van der Waals surface area (Å²) in [5.41, 5.74) is 0. The van der Waals surface area contributed by atoms with Gasteiger partial charge < -0.3 is 10.1 Å². The van der Waals surface area contributed by atoms with Crippen LogP contribution in [0.1, 0.15) is 6.42 Å². The minimum Gasteiger partial charge on any atom is -0.383 e. The summed E-state index contributed by atoms with van der Waals surface area (Å²) in [5.74, 6) is -0.210. The van der Waals surface area contributed by atoms with Crippen molar-refractivity contribution in [1.82, 2.24) is 5.32 Å². The van der Waals surface area contributed by atoms with Crippen molar-refractivity contribution in [3.63, 3.8) is 0 Å². The molecular weight excluding hydrogens is 244 g/mol. The molecule has 0 aromatic heterocycles. The molecule has 0 unspecified atom stereocenters. The third-order valence-electron chi connectivity index (χ3n) is 2.13. The highest BCUT2D eigenvalue weighted by Gasteiger charge is 2.03. The zero-order chi connectivity index (χ0) is 12.5. The Balaban J connectivity index is 2.14. The van der Waals surface area contributed by atoms with Gasteiger partial charge in [0, 0.05) is 24.6 Å². The number of rotatable bonds is 8. The van der Waals surface area contributed by atoms with Gasteiger partial charge in [0.1, 0.15) is 11.6 Å². The van der Waals surface area contributed by atoms with Gasteiger partial charge in [-0.25, -0.2) is 8.78 Å². The van der Waals surface area contributed by atoms with Crippen LogP contribution >= 0.6 is 11.8 Å². The highest BCUT2D eigenvalue weighted by Crippen LogP contribution is 2.22. The van der Waals surface area contributed by atoms with Crippen LogP contribution in [0.4, 0.5) is 8.78 Å². The summed E-state index contributed by atoms with van der Waals surface area (Å²) in [6.07, 6.45) is 0.936. The Labute approximate surface area is 105 Å². The van der Waals surface area contributed by atoms with Crippen LogP contribution in [-0.2, 0) is 4.74 Å². The van der Waals surface area contributed by atoms with Gasteiger partial charge in [-0.1, -0.05) is 0 Å². The minimum atomic E-state index is -0.534. The predicted octanol–water partition coefficient (Wildman–Crippen LogP) is 2.68. The first-order chi connectivity index (χ1) is 8.24. The number of halogens is 2. The largest absolute Gasteiger partial charge is 0.383 e. The molecule has 0 saturated carbocycles. The SMILES string of the molecule is COCCNCCCSc1ccc(F)cc1F. The van der Waals surface area contributed by atoms with E-state index in [0.29, 0.717) is 11.5 Å². The molecule has 0 atom stereocenters. The maximum atomic E-state index is 13.2. The Morgan fingerprint density at radius 3 is 2.82 bits per heavy atom. The maximum absolute atomic E-state index is 13.2. The molecule has 0 saturated heterocycles. The van der Waals surface area contributed by atoms with Gasteiger partial charge in [0.2, 0.25) is 0 Å². The Kier molecular flexibility index (Phi) is 7.16. The molecule has 1 aromatic rings. The second-order valence-electron chi connectivity index (χ2n) is 3.52. The van der Waals surface area contributed by atoms with Gasteiger partial charge in [0.15, 0.2) is 0 Å². The zero-order valence-electron chi connectivity index (χ0n) is 9.84. The number of thioether (sulfide) groups is 1. The van der Waals surface area contributed by atoms with Gasteiger partial charge in [0.25, 0.3) is 0 Å². The molecule has 17 heavy (non-hydrogen) atoms. The van der Waals surface area contributed by atoms with E-state index >= 15 is 0 Å². The van der Waals surface area contributed by atoms with Crippen molar-refractivity contribution in [2.24, 2.45) is 0 Å². The monoisotopic (exact) mass is 261 g/mol. The van der Waals surface area contributed by atoms with Crippen molar-refractivity contribution >= 4 is 11.8 Å². The third-order valence-corrected chi connectivity index (χ3v) is 3.27. The van der Waals surface area contributed by atoms with Crippen molar-refractivity contribution < 1.29 is 13.5 Å². The smallest absolute Gasteiger partial charge is 0.139 e. The number of nitrogens with one attached hydrogen (secondary N) is 1. The first-order valence-corrected chi connectivity index (χ1v) is 6.50. The molecule has 0 spiro atoms. The maximum Gasteiger partial charge on any atom is 0.139 e. The predicted molar refractivity (Wildman–Crippen MR) is 66.4 cm³/mol. The molecule has 0 radical (unpaired) electrons. The summed E-state index contributed by atoms with van der Waals surface area (Å²) < 4.78 is 30.8. The molecule has 0 bridgehead atoms. The van der Waals surface area contributed by atoms with Crippen molar-refractivity contribution in [2.75, 3.05) is 32.6 Å². The third kappa shape index (κ3) is 6.00. The molecule has 5 heteroatoms. The quantitative estimate of drug-likeness (QED) is 0.574. The summed E-state index contributed by atoms with van der Waals surface area (Å²) in [5, 5.41) is 3.20. The second kappa shape index (κ2) is 8.44. The van der Waals surface area contributed by atoms with Crippen LogP contribution in [-0.4, -0.2) is 32.6 Å². The molecule has 2 nitrogen and oxygen atoms in total. The summed E-state index contributed by atoms with van der Waals surface area (Å²) in [6, 6.07) is 3.68. The summed E-state index contributed by atoms with van der Waals surface area (Å²) in [6.45, 7) is 2.39. The van der Waals surface area contributed by atoms with Crippen molar-refractivity contribution in [3.05, 3.63) is 29.8 Å². The Hall–Kier alpha value is -0.650. The molecule has 0 fully saturated rings. The van der Waals surface area contributed by atoms with Crippen LogP contribution in [0.25, 0.3) is 0 Å². The molecule has 1 rings (SSSR count). The fourth-order valence-corrected chi connectivity index (χ4v) is 2.14. The lowest BCUT2D eigenvalue weighted by Gasteiger charge is -2.05. The average molecular weight is 261 g/mol. The van der Waals surface area contributed by atoms with Gasteiger partial charge in [-0.3, -0.25) is 0 Å². The van der Waals surface area contributed by atoms with Crippen LogP contribution in [0.2, 0.25) is 0 Å². The summed E-state index contributed by atoms with van der Waals surface area (Å²) >= 11 is 1.41. The number of ether oxygens (including phenoxy) is 1. The van der Waals surface area contributed by atoms with E-state index in [1.165, 1.54) is 23.9 Å². The van der Waals surface area contributed by atoms with Gasteiger partial charge in [-0.15, -0.1) is 11.8 Å². The Bertz CT molecular complexity index is 336. The highest BCUT2D eigenvalue weighted by molar-refractivity contribution is 7.99. The molecule has 0 heterocycles. The van der Waals surface area contributed by atoms with E-state index < -0.39 is 11.6 Å². The number of benzene rings is 1. The zero-order valence-corrected chi connectivity index (χ0v) is 10.7. The van der Waals surface area contributed by atoms with E-state index in [4.69, 9.17) is 4.74 Å². The van der Waals surface area contributed by atoms with E-state index in [1.807, 2.05) is 0 Å². The standard InChI is InChI=1S/C12H17F2NOS/c1-16-7-6-15-5-2-8-17-12-4-3-10(13)9-11(12)14/h3-4,9,15H,2,5-8H2,1H3. The molecule has 96 valence electrons. The second-order valence-corrected chi connectivity index (χ2v) is 4.66. The summed E-state index contributed by atoms with van der Waals surface area (Å²) in [4.78, 5) is 0.503. The van der Waals surface area contributed by atoms with Gasteiger partial charge in [-0.2, -0.15) is 0 Å². The van der Waals surface area contributed by atoms with Crippen molar-refractivity contribution in [2.45, 2.75) is 11.3 Å². The van der Waals surface area contributed by atoms with Crippen LogP contribution in [0, 0.1) is 11.6 Å². The number of hydrogen-bond acceptors (Lipinski definition) is 3. The molecule has 1 aromatic carbocycles. The van der Waals surface area contributed by atoms with Crippen molar-refractivity contribution in [3.8, 4) is 0 Å². The Morgan fingerprint density at radius 1 is 1.29 bits per heavy atom. The molecule has 0 aliphatic rings. The number of methoxy groups -OCH3 is 1. The summed E-state index contributed by atoms with van der Waals surface area (Å²) in [7, 11) is 1.66. The molecular formula is C12H17F2NOS. The van der Waals surface area contributed by atoms with E-state index in [0.717, 1.165) is 31.3 Å². The van der Waals surface area contributed by atoms with Crippen LogP contribution in [0.3, 0.4) is 0 Å². The first kappa shape index (κ1) is 14.4. The molecule has 1 N–H and O–H groups in total. The molecule has 0 amide bonds. The van der Waals surface area contributed by atoms with Crippen LogP contribution in [0.15, 0.2) is 23.1 Å². The number of hydrogen-bond donors (Lipinski definition) is 1. The van der Waals surface area contributed by atoms with Gasteiger partial charge >= 0.3 is 0 Å². The normalized spacial score (nSPS) is 10.8. The fourth-order valence-electron chi connectivity index (χ4n) is 1.27. The van der Waals surface area contributed by atoms with Crippen LogP contribution < -0.4 is 5.32 Å². The lowest BCUT2D eigenvalue weighted by atomic mass is 10.3. The fraction of sp³-hybridized carbons (Fsp3) is 0.500.